The Labute approximate surface area is 145 Å². The monoisotopic (exact) mass is 327 g/mol. The van der Waals surface area contributed by atoms with Crippen molar-refractivity contribution in [2.24, 2.45) is 5.10 Å². The van der Waals surface area contributed by atoms with Gasteiger partial charge in [0.25, 0.3) is 0 Å². The van der Waals surface area contributed by atoms with Crippen LogP contribution < -0.4 is 15.2 Å². The molecule has 0 aliphatic carbocycles. The summed E-state index contributed by atoms with van der Waals surface area (Å²) >= 11 is 0. The molecule has 0 bridgehead atoms. The van der Waals surface area contributed by atoms with Gasteiger partial charge in [0.05, 0.1) is 12.2 Å². The molecule has 0 radical (unpaired) electrons. The molecule has 0 spiro atoms. The van der Waals surface area contributed by atoms with Crippen molar-refractivity contribution in [2.75, 3.05) is 50.7 Å². The Bertz CT molecular complexity index is 591. The van der Waals surface area contributed by atoms with E-state index in [2.05, 4.69) is 32.4 Å². The first-order valence-electron chi connectivity index (χ1n) is 8.90. The Hall–Kier alpha value is -2.17. The highest BCUT2D eigenvalue weighted by Crippen LogP contribution is 2.38. The predicted octanol–water partition coefficient (Wildman–Crippen LogP) is 2.43. The first-order valence-corrected chi connectivity index (χ1v) is 8.90. The number of aryl methyl sites for hydroxylation is 2. The van der Waals surface area contributed by atoms with Gasteiger partial charge in [0.2, 0.25) is 0 Å². The summed E-state index contributed by atoms with van der Waals surface area (Å²) in [6.45, 7) is 3.23. The van der Waals surface area contributed by atoms with E-state index in [1.807, 2.05) is 44.8 Å². The molecular formula is C19H29N5. The lowest BCUT2D eigenvalue weighted by Gasteiger charge is -2.37. The SMILES string of the molecule is CN/C=C\N(C)C/C=N/N(C)c1cc2c3c(c1)CCCN3CCC2. The summed E-state index contributed by atoms with van der Waals surface area (Å²) in [6, 6.07) is 4.66. The smallest absolute Gasteiger partial charge is 0.0597 e. The molecule has 24 heavy (non-hydrogen) atoms. The number of hydrogen-bond acceptors (Lipinski definition) is 5. The molecule has 2 heterocycles. The number of nitrogens with one attached hydrogen (secondary N) is 1. The highest BCUT2D eigenvalue weighted by Gasteiger charge is 2.24. The van der Waals surface area contributed by atoms with Gasteiger partial charge in [-0.15, -0.1) is 0 Å². The van der Waals surface area contributed by atoms with Crippen LogP contribution in [0.25, 0.3) is 0 Å². The number of hydrazone groups is 1. The molecule has 130 valence electrons. The third-order valence-corrected chi connectivity index (χ3v) is 4.81. The maximum Gasteiger partial charge on any atom is 0.0597 e. The second kappa shape index (κ2) is 7.60. The molecule has 0 saturated carbocycles. The van der Waals surface area contributed by atoms with Crippen molar-refractivity contribution in [3.63, 3.8) is 0 Å². The lowest BCUT2D eigenvalue weighted by Crippen LogP contribution is -2.34. The Kier molecular flexibility index (Phi) is 5.28. The summed E-state index contributed by atoms with van der Waals surface area (Å²) < 4.78 is 0. The summed E-state index contributed by atoms with van der Waals surface area (Å²) in [5.74, 6) is 0. The van der Waals surface area contributed by atoms with Crippen molar-refractivity contribution in [1.82, 2.24) is 10.2 Å². The van der Waals surface area contributed by atoms with Crippen LogP contribution in [0.15, 0.2) is 29.6 Å². The zero-order valence-corrected chi connectivity index (χ0v) is 15.1. The standard InChI is InChI=1S/C19H29N5/c1-20-8-12-22(2)13-9-21-23(3)18-14-16-6-4-10-24-11-5-7-17(15-18)19(16)24/h8-9,12,14-15,20H,4-7,10-11,13H2,1-3H3/b12-8-,21-9+. The van der Waals surface area contributed by atoms with Gasteiger partial charge >= 0.3 is 0 Å². The van der Waals surface area contributed by atoms with E-state index in [9.17, 15) is 0 Å². The predicted molar refractivity (Wildman–Crippen MR) is 103 cm³/mol. The summed E-state index contributed by atoms with van der Waals surface area (Å²) in [4.78, 5) is 4.66. The first-order chi connectivity index (χ1) is 11.7. The van der Waals surface area contributed by atoms with Crippen molar-refractivity contribution in [3.05, 3.63) is 35.7 Å². The van der Waals surface area contributed by atoms with Crippen LogP contribution in [0.2, 0.25) is 0 Å². The van der Waals surface area contributed by atoms with Gasteiger partial charge in [-0.1, -0.05) is 0 Å². The average Bonchev–Trinajstić information content (AvgIpc) is 2.60. The maximum absolute atomic E-state index is 4.60. The second-order valence-electron chi connectivity index (χ2n) is 6.67. The van der Waals surface area contributed by atoms with Crippen molar-refractivity contribution < 1.29 is 0 Å². The summed E-state index contributed by atoms with van der Waals surface area (Å²) in [5.41, 5.74) is 5.73. The molecule has 0 fully saturated rings. The topological polar surface area (TPSA) is 34.1 Å². The molecule has 0 saturated heterocycles. The fraction of sp³-hybridized carbons (Fsp3) is 0.526. The van der Waals surface area contributed by atoms with Crippen molar-refractivity contribution in [3.8, 4) is 0 Å². The highest BCUT2D eigenvalue weighted by molar-refractivity contribution is 5.70. The highest BCUT2D eigenvalue weighted by atomic mass is 15.4. The lowest BCUT2D eigenvalue weighted by atomic mass is 9.91. The van der Waals surface area contributed by atoms with Gasteiger partial charge in [-0.05, 0) is 48.9 Å². The van der Waals surface area contributed by atoms with E-state index in [-0.39, 0.29) is 0 Å². The molecule has 5 nitrogen and oxygen atoms in total. The zero-order valence-electron chi connectivity index (χ0n) is 15.1. The lowest BCUT2D eigenvalue weighted by molar-refractivity contribution is 0.525. The van der Waals surface area contributed by atoms with Gasteiger partial charge in [0.1, 0.15) is 0 Å². The molecular weight excluding hydrogens is 298 g/mol. The Morgan fingerprint density at radius 2 is 1.83 bits per heavy atom. The van der Waals surface area contributed by atoms with Gasteiger partial charge in [0.15, 0.2) is 0 Å². The van der Waals surface area contributed by atoms with Crippen molar-refractivity contribution in [2.45, 2.75) is 25.7 Å². The largest absolute Gasteiger partial charge is 0.393 e. The van der Waals surface area contributed by atoms with Crippen LogP contribution in [-0.2, 0) is 12.8 Å². The first kappa shape index (κ1) is 16.7. The number of benzene rings is 1. The third-order valence-electron chi connectivity index (χ3n) is 4.81. The summed E-state index contributed by atoms with van der Waals surface area (Å²) in [6.07, 6.45) is 10.8. The Morgan fingerprint density at radius 1 is 1.17 bits per heavy atom. The van der Waals surface area contributed by atoms with Crippen LogP contribution in [0.4, 0.5) is 11.4 Å². The van der Waals surface area contributed by atoms with Crippen molar-refractivity contribution >= 4 is 17.6 Å². The third kappa shape index (κ3) is 3.66. The average molecular weight is 327 g/mol. The molecule has 2 aliphatic rings. The molecule has 5 heteroatoms. The number of rotatable bonds is 6. The number of nitrogens with zero attached hydrogens (tertiary/aromatic N) is 4. The minimum atomic E-state index is 0.786. The van der Waals surface area contributed by atoms with Crippen LogP contribution >= 0.6 is 0 Å². The van der Waals surface area contributed by atoms with Crippen LogP contribution in [0.5, 0.6) is 0 Å². The Morgan fingerprint density at radius 3 is 2.46 bits per heavy atom. The fourth-order valence-electron chi connectivity index (χ4n) is 3.59. The normalized spacial score (nSPS) is 16.5. The molecule has 0 atom stereocenters. The number of hydrogen-bond donors (Lipinski definition) is 1. The quantitative estimate of drug-likeness (QED) is 0.643. The second-order valence-corrected chi connectivity index (χ2v) is 6.67. The van der Waals surface area contributed by atoms with E-state index in [0.29, 0.717) is 0 Å². The van der Waals surface area contributed by atoms with Crippen LogP contribution in [0, 0.1) is 0 Å². The van der Waals surface area contributed by atoms with Gasteiger partial charge in [-0.3, -0.25) is 5.01 Å². The zero-order chi connectivity index (χ0) is 16.9. The van der Waals surface area contributed by atoms with Crippen LogP contribution in [0.1, 0.15) is 24.0 Å². The van der Waals surface area contributed by atoms with E-state index in [1.165, 1.54) is 61.3 Å². The fourth-order valence-corrected chi connectivity index (χ4v) is 3.59. The molecule has 0 aromatic heterocycles. The van der Waals surface area contributed by atoms with E-state index >= 15 is 0 Å². The van der Waals surface area contributed by atoms with E-state index in [4.69, 9.17) is 0 Å². The molecule has 1 N–H and O–H groups in total. The summed E-state index contributed by atoms with van der Waals surface area (Å²) in [5, 5.41) is 9.60. The van der Waals surface area contributed by atoms with E-state index < -0.39 is 0 Å². The molecule has 0 unspecified atom stereocenters. The van der Waals surface area contributed by atoms with Gasteiger partial charge in [0, 0.05) is 58.5 Å². The molecule has 1 aromatic rings. The van der Waals surface area contributed by atoms with Crippen LogP contribution in [-0.4, -0.2) is 51.9 Å². The molecule has 2 aliphatic heterocycles. The molecule has 3 rings (SSSR count). The van der Waals surface area contributed by atoms with Crippen molar-refractivity contribution in [1.29, 1.82) is 0 Å². The van der Waals surface area contributed by atoms with Gasteiger partial charge < -0.3 is 15.1 Å². The minimum Gasteiger partial charge on any atom is -0.393 e. The Balaban J connectivity index is 1.72. The van der Waals surface area contributed by atoms with E-state index in [1.54, 1.807) is 0 Å². The minimum absolute atomic E-state index is 0.786. The molecule has 1 aromatic carbocycles. The molecule has 0 amide bonds. The maximum atomic E-state index is 4.60. The van der Waals surface area contributed by atoms with Gasteiger partial charge in [-0.2, -0.15) is 5.10 Å². The van der Waals surface area contributed by atoms with Gasteiger partial charge in [-0.25, -0.2) is 0 Å². The van der Waals surface area contributed by atoms with Crippen LogP contribution in [0.3, 0.4) is 0 Å². The summed E-state index contributed by atoms with van der Waals surface area (Å²) in [7, 11) is 5.98. The van der Waals surface area contributed by atoms with E-state index in [0.717, 1.165) is 6.54 Å². The number of anilines is 2.